The number of likely N-dealkylation sites (tertiary alicyclic amines) is 1. The van der Waals surface area contributed by atoms with E-state index in [1.165, 1.54) is 6.20 Å². The molecule has 22 heavy (non-hydrogen) atoms. The minimum atomic E-state index is -0.0454. The highest BCUT2D eigenvalue weighted by Crippen LogP contribution is 2.34. The van der Waals surface area contributed by atoms with Crippen molar-refractivity contribution in [2.45, 2.75) is 18.9 Å². The smallest absolute Gasteiger partial charge is 0.255 e. The van der Waals surface area contributed by atoms with Gasteiger partial charge in [-0.25, -0.2) is 0 Å². The van der Waals surface area contributed by atoms with Crippen molar-refractivity contribution in [3.63, 3.8) is 0 Å². The number of carbonyl (C=O) groups excluding carboxylic acids is 1. The number of hydrogen-bond donors (Lipinski definition) is 0. The van der Waals surface area contributed by atoms with Crippen molar-refractivity contribution in [1.29, 1.82) is 0 Å². The van der Waals surface area contributed by atoms with Gasteiger partial charge < -0.3 is 4.90 Å². The maximum atomic E-state index is 12.8. The molecule has 1 unspecified atom stereocenters. The van der Waals surface area contributed by atoms with Crippen LogP contribution in [0.15, 0.2) is 42.7 Å². The van der Waals surface area contributed by atoms with E-state index in [-0.39, 0.29) is 11.9 Å². The van der Waals surface area contributed by atoms with Crippen molar-refractivity contribution in [2.24, 2.45) is 0 Å². The highest BCUT2D eigenvalue weighted by atomic mass is 35.5. The van der Waals surface area contributed by atoms with Crippen LogP contribution < -0.4 is 0 Å². The maximum Gasteiger partial charge on any atom is 0.255 e. The summed E-state index contributed by atoms with van der Waals surface area (Å²) in [5.74, 6) is 2.56. The van der Waals surface area contributed by atoms with E-state index in [0.717, 1.165) is 30.5 Å². The second-order valence-electron chi connectivity index (χ2n) is 5.28. The van der Waals surface area contributed by atoms with Crippen LogP contribution in [0, 0.1) is 12.3 Å². The zero-order valence-electron chi connectivity index (χ0n) is 12.0. The van der Waals surface area contributed by atoms with Crippen molar-refractivity contribution < 1.29 is 4.79 Å². The first-order valence-corrected chi connectivity index (χ1v) is 7.55. The van der Waals surface area contributed by atoms with E-state index in [2.05, 4.69) is 10.9 Å². The Morgan fingerprint density at radius 1 is 1.32 bits per heavy atom. The largest absolute Gasteiger partial charge is 0.332 e. The Labute approximate surface area is 134 Å². The molecule has 0 aliphatic carbocycles. The van der Waals surface area contributed by atoms with Gasteiger partial charge in [-0.2, -0.15) is 0 Å². The molecule has 110 valence electrons. The molecule has 1 amide bonds. The molecular formula is C18H15ClN2O. The first kappa shape index (κ1) is 14.6. The van der Waals surface area contributed by atoms with E-state index in [4.69, 9.17) is 18.0 Å². The SMILES string of the molecule is C#Cc1ccc(C2CCCN2C(=O)c2ccncc2Cl)cc1. The molecule has 1 atom stereocenters. The number of hydrogen-bond acceptors (Lipinski definition) is 2. The van der Waals surface area contributed by atoms with E-state index < -0.39 is 0 Å². The predicted molar refractivity (Wildman–Crippen MR) is 86.6 cm³/mol. The van der Waals surface area contributed by atoms with Crippen LogP contribution in [-0.2, 0) is 0 Å². The van der Waals surface area contributed by atoms with Crippen molar-refractivity contribution in [3.8, 4) is 12.3 Å². The van der Waals surface area contributed by atoms with Gasteiger partial charge in [-0.15, -0.1) is 6.42 Å². The van der Waals surface area contributed by atoms with Gasteiger partial charge in [0.25, 0.3) is 5.91 Å². The molecule has 1 aliphatic rings. The Morgan fingerprint density at radius 2 is 2.09 bits per heavy atom. The number of terminal acetylenes is 1. The molecule has 0 spiro atoms. The molecule has 0 radical (unpaired) electrons. The summed E-state index contributed by atoms with van der Waals surface area (Å²) >= 11 is 6.10. The number of aromatic nitrogens is 1. The first-order valence-electron chi connectivity index (χ1n) is 7.18. The lowest BCUT2D eigenvalue weighted by atomic mass is 10.0. The Hall–Kier alpha value is -2.31. The summed E-state index contributed by atoms with van der Waals surface area (Å²) in [5.41, 5.74) is 2.45. The second-order valence-corrected chi connectivity index (χ2v) is 5.69. The zero-order valence-corrected chi connectivity index (χ0v) is 12.8. The molecular weight excluding hydrogens is 296 g/mol. The van der Waals surface area contributed by atoms with Crippen molar-refractivity contribution in [3.05, 3.63) is 64.4 Å². The first-order chi connectivity index (χ1) is 10.7. The Kier molecular flexibility index (Phi) is 4.13. The van der Waals surface area contributed by atoms with Crippen LogP contribution in [0.1, 0.15) is 40.4 Å². The molecule has 3 rings (SSSR count). The third kappa shape index (κ3) is 2.70. The average molecular weight is 311 g/mol. The van der Waals surface area contributed by atoms with Gasteiger partial charge in [0.1, 0.15) is 0 Å². The van der Waals surface area contributed by atoms with Gasteiger partial charge in [0.15, 0.2) is 0 Å². The van der Waals surface area contributed by atoms with E-state index in [9.17, 15) is 4.79 Å². The fourth-order valence-electron chi connectivity index (χ4n) is 2.86. The quantitative estimate of drug-likeness (QED) is 0.793. The van der Waals surface area contributed by atoms with E-state index in [1.54, 1.807) is 12.3 Å². The van der Waals surface area contributed by atoms with Crippen LogP contribution >= 0.6 is 11.6 Å². The number of carbonyl (C=O) groups is 1. The van der Waals surface area contributed by atoms with Crippen LogP contribution in [0.4, 0.5) is 0 Å². The second kappa shape index (κ2) is 6.21. The number of nitrogens with zero attached hydrogens (tertiary/aromatic N) is 2. The molecule has 1 aromatic carbocycles. The zero-order chi connectivity index (χ0) is 15.5. The van der Waals surface area contributed by atoms with Crippen molar-refractivity contribution >= 4 is 17.5 Å². The van der Waals surface area contributed by atoms with Gasteiger partial charge in [0.05, 0.1) is 16.6 Å². The Balaban J connectivity index is 1.88. The normalized spacial score (nSPS) is 17.3. The lowest BCUT2D eigenvalue weighted by molar-refractivity contribution is 0.0735. The van der Waals surface area contributed by atoms with Crippen LogP contribution in [-0.4, -0.2) is 22.3 Å². The fourth-order valence-corrected chi connectivity index (χ4v) is 3.06. The van der Waals surface area contributed by atoms with Gasteiger partial charge in [0, 0.05) is 24.5 Å². The minimum Gasteiger partial charge on any atom is -0.332 e. The van der Waals surface area contributed by atoms with E-state index in [1.807, 2.05) is 29.2 Å². The van der Waals surface area contributed by atoms with Gasteiger partial charge in [0.2, 0.25) is 0 Å². The van der Waals surface area contributed by atoms with Crippen molar-refractivity contribution in [1.82, 2.24) is 9.88 Å². The van der Waals surface area contributed by atoms with Crippen LogP contribution in [0.3, 0.4) is 0 Å². The van der Waals surface area contributed by atoms with E-state index in [0.29, 0.717) is 10.6 Å². The number of halogens is 1. The summed E-state index contributed by atoms with van der Waals surface area (Å²) in [5, 5.41) is 0.390. The molecule has 2 heterocycles. The minimum absolute atomic E-state index is 0.0454. The standard InChI is InChI=1S/C18H15ClN2O/c1-2-13-5-7-14(8-6-13)17-4-3-11-21(17)18(22)15-9-10-20-12-16(15)19/h1,5-10,12,17H,3-4,11H2. The van der Waals surface area contributed by atoms with Gasteiger partial charge >= 0.3 is 0 Å². The summed E-state index contributed by atoms with van der Waals surface area (Å²) in [6.45, 7) is 0.735. The molecule has 4 heteroatoms. The fraction of sp³-hybridized carbons (Fsp3) is 0.222. The number of amides is 1. The van der Waals surface area contributed by atoms with Crippen LogP contribution in [0.25, 0.3) is 0 Å². The third-order valence-electron chi connectivity index (χ3n) is 3.98. The molecule has 0 bridgehead atoms. The molecule has 1 aromatic heterocycles. The van der Waals surface area contributed by atoms with Crippen LogP contribution in [0.2, 0.25) is 5.02 Å². The summed E-state index contributed by atoms with van der Waals surface area (Å²) in [6, 6.07) is 9.56. The average Bonchev–Trinajstić information content (AvgIpc) is 3.04. The molecule has 0 saturated carbocycles. The molecule has 0 N–H and O–H groups in total. The predicted octanol–water partition coefficient (Wildman–Crippen LogP) is 3.69. The van der Waals surface area contributed by atoms with Gasteiger partial charge in [-0.1, -0.05) is 29.7 Å². The highest BCUT2D eigenvalue weighted by Gasteiger charge is 2.31. The Bertz CT molecular complexity index is 733. The number of rotatable bonds is 2. The molecule has 1 saturated heterocycles. The monoisotopic (exact) mass is 310 g/mol. The topological polar surface area (TPSA) is 33.2 Å². The van der Waals surface area contributed by atoms with Gasteiger partial charge in [-0.3, -0.25) is 9.78 Å². The van der Waals surface area contributed by atoms with Crippen molar-refractivity contribution in [2.75, 3.05) is 6.54 Å². The Morgan fingerprint density at radius 3 is 2.77 bits per heavy atom. The maximum absolute atomic E-state index is 12.8. The van der Waals surface area contributed by atoms with E-state index >= 15 is 0 Å². The highest BCUT2D eigenvalue weighted by molar-refractivity contribution is 6.33. The number of pyridine rings is 1. The molecule has 1 fully saturated rings. The molecule has 2 aromatic rings. The summed E-state index contributed by atoms with van der Waals surface area (Å²) < 4.78 is 0. The molecule has 1 aliphatic heterocycles. The van der Waals surface area contributed by atoms with Gasteiger partial charge in [-0.05, 0) is 36.6 Å². The number of benzene rings is 1. The summed E-state index contributed by atoms with van der Waals surface area (Å²) in [4.78, 5) is 18.6. The lowest BCUT2D eigenvalue weighted by Crippen LogP contribution is -2.30. The third-order valence-corrected chi connectivity index (χ3v) is 4.28. The summed E-state index contributed by atoms with van der Waals surface area (Å²) in [7, 11) is 0. The molecule has 3 nitrogen and oxygen atoms in total. The van der Waals surface area contributed by atoms with Crippen LogP contribution in [0.5, 0.6) is 0 Å². The summed E-state index contributed by atoms with van der Waals surface area (Å²) in [6.07, 6.45) is 10.4. The lowest BCUT2D eigenvalue weighted by Gasteiger charge is -2.25.